The van der Waals surface area contributed by atoms with E-state index < -0.39 is 0 Å². The first-order chi connectivity index (χ1) is 8.79. The predicted molar refractivity (Wildman–Crippen MR) is 74.6 cm³/mol. The van der Waals surface area contributed by atoms with Crippen molar-refractivity contribution in [3.63, 3.8) is 0 Å². The van der Waals surface area contributed by atoms with E-state index in [4.69, 9.17) is 0 Å². The summed E-state index contributed by atoms with van der Waals surface area (Å²) in [7, 11) is 0. The fourth-order valence-corrected chi connectivity index (χ4v) is 2.75. The highest BCUT2D eigenvalue weighted by atomic mass is 15.1. The molecule has 1 aliphatic rings. The zero-order valence-electron chi connectivity index (χ0n) is 11.5. The number of anilines is 1. The van der Waals surface area contributed by atoms with Gasteiger partial charge < -0.3 is 10.2 Å². The third-order valence-electron chi connectivity index (χ3n) is 3.83. The van der Waals surface area contributed by atoms with Gasteiger partial charge in [-0.15, -0.1) is 0 Å². The Bertz CT molecular complexity index is 333. The second-order valence-electron chi connectivity index (χ2n) is 5.24. The third kappa shape index (κ3) is 3.67. The van der Waals surface area contributed by atoms with Crippen LogP contribution in [0.4, 0.5) is 5.69 Å². The molecule has 1 aliphatic heterocycles. The predicted octanol–water partition coefficient (Wildman–Crippen LogP) is 2.40. The summed E-state index contributed by atoms with van der Waals surface area (Å²) in [5.41, 5.74) is 1.03. The summed E-state index contributed by atoms with van der Waals surface area (Å²) in [6, 6.07) is 0.500. The van der Waals surface area contributed by atoms with Crippen LogP contribution in [0.5, 0.6) is 0 Å². The molecule has 2 rings (SSSR count). The lowest BCUT2D eigenvalue weighted by molar-refractivity contribution is 0.176. The van der Waals surface area contributed by atoms with E-state index in [2.05, 4.69) is 34.0 Å². The Morgan fingerprint density at radius 1 is 1.33 bits per heavy atom. The van der Waals surface area contributed by atoms with E-state index in [9.17, 15) is 0 Å². The van der Waals surface area contributed by atoms with Gasteiger partial charge in [-0.25, -0.2) is 9.97 Å². The largest absolute Gasteiger partial charge is 0.380 e. The molecule has 1 aromatic heterocycles. The minimum absolute atomic E-state index is 0.500. The summed E-state index contributed by atoms with van der Waals surface area (Å²) in [6.07, 6.45) is 9.11. The van der Waals surface area contributed by atoms with Crippen molar-refractivity contribution < 1.29 is 0 Å². The average Bonchev–Trinajstić information content (AvgIpc) is 2.41. The standard InChI is InChI=1S/C14H24N4/c1-3-6-18-7-4-13(5-8-18)12(2)17-14-9-15-11-16-10-14/h9-13,17H,3-8H2,1-2H3. The molecule has 100 valence electrons. The molecule has 0 amide bonds. The maximum absolute atomic E-state index is 4.04. The lowest BCUT2D eigenvalue weighted by atomic mass is 9.90. The van der Waals surface area contributed by atoms with Crippen LogP contribution in [-0.4, -0.2) is 40.5 Å². The fraction of sp³-hybridized carbons (Fsp3) is 0.714. The van der Waals surface area contributed by atoms with Gasteiger partial charge in [-0.1, -0.05) is 6.92 Å². The van der Waals surface area contributed by atoms with Crippen LogP contribution in [0.1, 0.15) is 33.1 Å². The van der Waals surface area contributed by atoms with Gasteiger partial charge in [-0.05, 0) is 51.7 Å². The summed E-state index contributed by atoms with van der Waals surface area (Å²) >= 11 is 0. The van der Waals surface area contributed by atoms with Crippen molar-refractivity contribution in [2.75, 3.05) is 25.0 Å². The number of nitrogens with one attached hydrogen (secondary N) is 1. The Hall–Kier alpha value is -1.16. The highest BCUT2D eigenvalue weighted by Gasteiger charge is 2.23. The SMILES string of the molecule is CCCN1CCC(C(C)Nc2cncnc2)CC1. The molecule has 0 bridgehead atoms. The molecule has 0 aromatic carbocycles. The van der Waals surface area contributed by atoms with Gasteiger partial charge in [0.1, 0.15) is 6.33 Å². The van der Waals surface area contributed by atoms with Gasteiger partial charge >= 0.3 is 0 Å². The molecular formula is C14H24N4. The van der Waals surface area contributed by atoms with E-state index >= 15 is 0 Å². The maximum Gasteiger partial charge on any atom is 0.115 e. The van der Waals surface area contributed by atoms with Crippen LogP contribution in [0, 0.1) is 5.92 Å². The normalized spacial score (nSPS) is 19.7. The van der Waals surface area contributed by atoms with Crippen LogP contribution in [0.15, 0.2) is 18.7 Å². The number of hydrogen-bond acceptors (Lipinski definition) is 4. The number of nitrogens with zero attached hydrogens (tertiary/aromatic N) is 3. The molecule has 18 heavy (non-hydrogen) atoms. The zero-order chi connectivity index (χ0) is 12.8. The summed E-state index contributed by atoms with van der Waals surface area (Å²) in [6.45, 7) is 8.27. The minimum atomic E-state index is 0.500. The monoisotopic (exact) mass is 248 g/mol. The quantitative estimate of drug-likeness (QED) is 0.868. The van der Waals surface area contributed by atoms with E-state index in [-0.39, 0.29) is 0 Å². The van der Waals surface area contributed by atoms with Crippen LogP contribution < -0.4 is 5.32 Å². The van der Waals surface area contributed by atoms with Crippen molar-refractivity contribution in [2.24, 2.45) is 5.92 Å². The van der Waals surface area contributed by atoms with Gasteiger partial charge in [0.15, 0.2) is 0 Å². The Morgan fingerprint density at radius 2 is 2.00 bits per heavy atom. The Labute approximate surface area is 110 Å². The lowest BCUT2D eigenvalue weighted by Crippen LogP contribution is -2.39. The van der Waals surface area contributed by atoms with E-state index in [0.29, 0.717) is 6.04 Å². The van der Waals surface area contributed by atoms with Gasteiger partial charge in [0.25, 0.3) is 0 Å². The number of piperidine rings is 1. The molecule has 1 aromatic rings. The Balaban J connectivity index is 1.79. The maximum atomic E-state index is 4.04. The molecule has 0 aliphatic carbocycles. The number of hydrogen-bond donors (Lipinski definition) is 1. The first-order valence-electron chi connectivity index (χ1n) is 7.03. The second-order valence-corrected chi connectivity index (χ2v) is 5.24. The Morgan fingerprint density at radius 3 is 2.61 bits per heavy atom. The number of rotatable bonds is 5. The fourth-order valence-electron chi connectivity index (χ4n) is 2.75. The van der Waals surface area contributed by atoms with Gasteiger partial charge in [0, 0.05) is 6.04 Å². The summed E-state index contributed by atoms with van der Waals surface area (Å²) in [4.78, 5) is 10.7. The molecular weight excluding hydrogens is 224 g/mol. The van der Waals surface area contributed by atoms with Crippen molar-refractivity contribution in [3.05, 3.63) is 18.7 Å². The molecule has 0 spiro atoms. The van der Waals surface area contributed by atoms with Crippen LogP contribution in [-0.2, 0) is 0 Å². The third-order valence-corrected chi connectivity index (χ3v) is 3.83. The van der Waals surface area contributed by atoms with Crippen molar-refractivity contribution in [1.82, 2.24) is 14.9 Å². The van der Waals surface area contributed by atoms with E-state index in [1.165, 1.54) is 38.9 Å². The van der Waals surface area contributed by atoms with Crippen molar-refractivity contribution in [3.8, 4) is 0 Å². The molecule has 1 fully saturated rings. The minimum Gasteiger partial charge on any atom is -0.380 e. The molecule has 4 nitrogen and oxygen atoms in total. The first kappa shape index (κ1) is 13.3. The van der Waals surface area contributed by atoms with Gasteiger partial charge in [0.05, 0.1) is 18.1 Å². The second kappa shape index (κ2) is 6.69. The van der Waals surface area contributed by atoms with Crippen molar-refractivity contribution in [2.45, 2.75) is 39.2 Å². The molecule has 1 N–H and O–H groups in total. The smallest absolute Gasteiger partial charge is 0.115 e. The van der Waals surface area contributed by atoms with E-state index in [1.54, 1.807) is 6.33 Å². The average molecular weight is 248 g/mol. The Kier molecular flexibility index (Phi) is 4.93. The molecule has 4 heteroatoms. The van der Waals surface area contributed by atoms with Crippen LogP contribution >= 0.6 is 0 Å². The van der Waals surface area contributed by atoms with Gasteiger partial charge in [-0.3, -0.25) is 0 Å². The first-order valence-corrected chi connectivity index (χ1v) is 7.03. The molecule has 0 saturated carbocycles. The molecule has 1 saturated heterocycles. The summed E-state index contributed by atoms with van der Waals surface area (Å²) in [5, 5.41) is 3.51. The highest BCUT2D eigenvalue weighted by molar-refractivity contribution is 5.38. The number of likely N-dealkylation sites (tertiary alicyclic amines) is 1. The molecule has 1 unspecified atom stereocenters. The lowest BCUT2D eigenvalue weighted by Gasteiger charge is -2.35. The molecule has 1 atom stereocenters. The summed E-state index contributed by atoms with van der Waals surface area (Å²) < 4.78 is 0. The zero-order valence-corrected chi connectivity index (χ0v) is 11.5. The molecule has 2 heterocycles. The van der Waals surface area contributed by atoms with E-state index in [1.807, 2.05) is 12.4 Å². The molecule has 0 radical (unpaired) electrons. The number of aromatic nitrogens is 2. The van der Waals surface area contributed by atoms with Crippen molar-refractivity contribution in [1.29, 1.82) is 0 Å². The van der Waals surface area contributed by atoms with Crippen LogP contribution in [0.25, 0.3) is 0 Å². The topological polar surface area (TPSA) is 41.0 Å². The van der Waals surface area contributed by atoms with Gasteiger partial charge in [-0.2, -0.15) is 0 Å². The van der Waals surface area contributed by atoms with Gasteiger partial charge in [0.2, 0.25) is 0 Å². The van der Waals surface area contributed by atoms with Crippen LogP contribution in [0.2, 0.25) is 0 Å². The summed E-state index contributed by atoms with van der Waals surface area (Å²) in [5.74, 6) is 0.762. The van der Waals surface area contributed by atoms with Crippen molar-refractivity contribution >= 4 is 5.69 Å². The van der Waals surface area contributed by atoms with Crippen LogP contribution in [0.3, 0.4) is 0 Å². The highest BCUT2D eigenvalue weighted by Crippen LogP contribution is 2.22. The van der Waals surface area contributed by atoms with E-state index in [0.717, 1.165) is 11.6 Å².